The maximum atomic E-state index is 12.9. The van der Waals surface area contributed by atoms with E-state index in [0.717, 1.165) is 161 Å². The Morgan fingerprint density at radius 3 is 0.812 bits per heavy atom. The first-order valence-corrected chi connectivity index (χ1v) is 40.7. The van der Waals surface area contributed by atoms with Crippen molar-refractivity contribution in [3.8, 4) is 0 Å². The molecule has 0 radical (unpaired) electrons. The Kier molecular flexibility index (Phi) is 70.0. The highest BCUT2D eigenvalue weighted by Gasteiger charge is 2.29. The Morgan fingerprint density at radius 1 is 0.277 bits per heavy atom. The van der Waals surface area contributed by atoms with Crippen LogP contribution >= 0.6 is 15.6 Å². The van der Waals surface area contributed by atoms with Crippen molar-refractivity contribution in [1.82, 2.24) is 0 Å². The van der Waals surface area contributed by atoms with E-state index in [9.17, 15) is 43.5 Å². The van der Waals surface area contributed by atoms with Gasteiger partial charge in [0.15, 0.2) is 6.10 Å². The van der Waals surface area contributed by atoms with Gasteiger partial charge in [0.25, 0.3) is 0 Å². The monoisotopic (exact) mass is 1450 g/mol. The number of carbonyl (C=O) groups excluding carboxylic acids is 3. The van der Waals surface area contributed by atoms with E-state index in [1.807, 2.05) is 12.2 Å². The molecule has 0 heterocycles. The van der Waals surface area contributed by atoms with Gasteiger partial charge in [-0.05, 0) is 154 Å². The number of esters is 3. The summed E-state index contributed by atoms with van der Waals surface area (Å²) in [5.74, 6) is -1.70. The summed E-state index contributed by atoms with van der Waals surface area (Å²) >= 11 is 0. The minimum Gasteiger partial charge on any atom is -0.463 e. The summed E-state index contributed by atoms with van der Waals surface area (Å²) in [5, 5.41) is 20.6. The molecule has 5 atom stereocenters. The summed E-state index contributed by atoms with van der Waals surface area (Å²) in [5.41, 5.74) is 0. The zero-order valence-corrected chi connectivity index (χ0v) is 63.8. The number of carbonyl (C=O) groups is 3. The van der Waals surface area contributed by atoms with Crippen molar-refractivity contribution >= 4 is 33.6 Å². The first-order valence-electron chi connectivity index (χ1n) is 37.7. The maximum Gasteiger partial charge on any atom is 0.472 e. The smallest absolute Gasteiger partial charge is 0.463 e. The minimum atomic E-state index is -4.96. The zero-order valence-electron chi connectivity index (χ0n) is 62.0. The van der Waals surface area contributed by atoms with Crippen LogP contribution in [0.4, 0.5) is 0 Å². The van der Waals surface area contributed by atoms with Gasteiger partial charge >= 0.3 is 33.6 Å². The molecule has 0 aliphatic rings. The predicted octanol–water partition coefficient (Wildman–Crippen LogP) is 22.0. The van der Waals surface area contributed by atoms with Crippen molar-refractivity contribution in [3.63, 3.8) is 0 Å². The van der Waals surface area contributed by atoms with Gasteiger partial charge in [0, 0.05) is 19.3 Å². The average molecular weight is 1450 g/mol. The minimum absolute atomic E-state index is 0.0116. The summed E-state index contributed by atoms with van der Waals surface area (Å²) in [6.45, 7) is 2.20. The lowest BCUT2D eigenvalue weighted by atomic mass is 10.1. The molecule has 0 fully saturated rings. The zero-order chi connectivity index (χ0) is 73.7. The Hall–Kier alpha value is -5.61. The molecule has 0 aliphatic heterocycles. The number of ether oxygens (including phenoxy) is 3. The molecular weight excluding hydrogens is 1310 g/mol. The van der Waals surface area contributed by atoms with Crippen LogP contribution in [0.1, 0.15) is 252 Å². The van der Waals surface area contributed by atoms with Crippen LogP contribution in [0.5, 0.6) is 0 Å². The van der Waals surface area contributed by atoms with Crippen molar-refractivity contribution in [2.24, 2.45) is 0 Å². The predicted molar refractivity (Wildman–Crippen MR) is 417 cm³/mol. The summed E-state index contributed by atoms with van der Waals surface area (Å²) in [7, 11) is -9.83. The van der Waals surface area contributed by atoms with Crippen molar-refractivity contribution in [2.45, 2.75) is 270 Å². The molecule has 570 valence electrons. The van der Waals surface area contributed by atoms with Gasteiger partial charge in [0.1, 0.15) is 25.4 Å². The lowest BCUT2D eigenvalue weighted by molar-refractivity contribution is -0.161. The molecular formula is C83H132O16P2. The second kappa shape index (κ2) is 74.1. The second-order valence-electron chi connectivity index (χ2n) is 24.3. The van der Waals surface area contributed by atoms with Gasteiger partial charge in [-0.3, -0.25) is 32.5 Å². The quantitative estimate of drug-likeness (QED) is 0.0146. The lowest BCUT2D eigenvalue weighted by Gasteiger charge is -2.21. The van der Waals surface area contributed by atoms with E-state index >= 15 is 0 Å². The number of aliphatic hydroxyl groups excluding tert-OH is 2. The van der Waals surface area contributed by atoms with Crippen LogP contribution in [0.2, 0.25) is 0 Å². The SMILES string of the molecule is CC/C=C\C/C=C\C/C=C\C/C=C\C/C=C\C/C=C\CCCCCCC(=O)OCC(COP(=O)(O)OCC(O)COP(=O)(O)OCC(O)COC(=O)CCCCCCCCCCC/C=C\C/C=C\C/C=C\C/C=C\C/C=C\CC)OC(=O)CCC/C=C\C/C=C\C/C=C\C/C=C\C/C=C\CC. The Labute approximate surface area is 610 Å². The number of allylic oxidation sites excluding steroid dienone is 32. The molecule has 101 heavy (non-hydrogen) atoms. The molecule has 0 spiro atoms. The highest BCUT2D eigenvalue weighted by atomic mass is 31.2. The first-order chi connectivity index (χ1) is 49.2. The third kappa shape index (κ3) is 75.4. The van der Waals surface area contributed by atoms with Crippen LogP contribution in [-0.2, 0) is 55.8 Å². The number of phosphoric acid groups is 2. The van der Waals surface area contributed by atoms with Crippen LogP contribution in [0.25, 0.3) is 0 Å². The number of aliphatic hydroxyl groups is 2. The van der Waals surface area contributed by atoms with Crippen molar-refractivity contribution in [3.05, 3.63) is 194 Å². The van der Waals surface area contributed by atoms with Gasteiger partial charge < -0.3 is 34.2 Å². The highest BCUT2D eigenvalue weighted by molar-refractivity contribution is 7.47. The van der Waals surface area contributed by atoms with Crippen molar-refractivity contribution in [1.29, 1.82) is 0 Å². The summed E-state index contributed by atoms with van der Waals surface area (Å²) < 4.78 is 61.0. The van der Waals surface area contributed by atoms with Crippen LogP contribution in [0, 0.1) is 0 Å². The molecule has 5 unspecified atom stereocenters. The third-order valence-electron chi connectivity index (χ3n) is 14.8. The molecule has 4 N–H and O–H groups in total. The molecule has 18 heteroatoms. The standard InChI is InChI=1S/C83H132O16P2/c1-4-7-10-13-16-19-22-25-28-31-33-35-37-38-40-42-43-46-48-51-54-57-60-63-66-69-81(86)93-72-78(84)73-95-100(89,90)96-74-79(85)75-97-101(91,92)98-77-80(99-83(88)71-68-65-62-59-56-53-50-45-30-27-24-21-18-15-12-9-6-3)76-94-82(87)70-67-64-61-58-55-52-49-47-44-41-39-36-34-32-29-26-23-20-17-14-11-8-5-2/h7-12,16-21,25-30,33-36,38,40-41,44,49-50,52-53,59,62,78-80,84-85H,4-6,13-15,22-24,31-32,37,39,42-43,45-48,51,54-58,60-61,63-77H2,1-3H3,(H,89,90)(H,91,92)/b10-7-,11-8-,12-9-,19-16-,20-17-,21-18-,28-25-,29-26-,30-27-,35-33-,36-34-,40-38-,44-41-,52-49-,53-50-,62-59-. The molecule has 0 rings (SSSR count). The fraction of sp³-hybridized carbons (Fsp3) is 0.578. The molecule has 0 aromatic heterocycles. The number of hydrogen-bond acceptors (Lipinski definition) is 14. The second-order valence-corrected chi connectivity index (χ2v) is 27.2. The average Bonchev–Trinajstić information content (AvgIpc) is 0.941. The molecule has 0 bridgehead atoms. The Balaban J connectivity index is 4.74. The van der Waals surface area contributed by atoms with E-state index in [1.54, 1.807) is 0 Å². The molecule has 0 saturated carbocycles. The molecule has 0 aromatic carbocycles. The van der Waals surface area contributed by atoms with Gasteiger partial charge in [-0.1, -0.05) is 273 Å². The maximum absolute atomic E-state index is 12.9. The van der Waals surface area contributed by atoms with Crippen molar-refractivity contribution in [2.75, 3.05) is 39.6 Å². The van der Waals surface area contributed by atoms with E-state index < -0.39 is 91.5 Å². The summed E-state index contributed by atoms with van der Waals surface area (Å²) in [6, 6.07) is 0. The van der Waals surface area contributed by atoms with Gasteiger partial charge in [0.05, 0.1) is 26.4 Å². The molecule has 16 nitrogen and oxygen atoms in total. The molecule has 0 amide bonds. The lowest BCUT2D eigenvalue weighted by Crippen LogP contribution is -2.30. The normalized spacial score (nSPS) is 15.1. The summed E-state index contributed by atoms with van der Waals surface area (Å²) in [4.78, 5) is 58.6. The molecule has 0 aromatic rings. The van der Waals surface area contributed by atoms with Crippen molar-refractivity contribution < 1.29 is 75.8 Å². The van der Waals surface area contributed by atoms with Crippen LogP contribution in [-0.4, -0.2) is 95.9 Å². The topological polar surface area (TPSA) is 231 Å². The third-order valence-corrected chi connectivity index (χ3v) is 16.7. The van der Waals surface area contributed by atoms with Gasteiger partial charge in [-0.25, -0.2) is 9.13 Å². The fourth-order valence-corrected chi connectivity index (χ4v) is 10.7. The van der Waals surface area contributed by atoms with Gasteiger partial charge in [-0.15, -0.1) is 0 Å². The fourth-order valence-electron chi connectivity index (χ4n) is 9.16. The molecule has 0 aliphatic carbocycles. The number of phosphoric ester groups is 2. The first kappa shape index (κ1) is 95.4. The van der Waals surface area contributed by atoms with E-state index in [0.29, 0.717) is 25.7 Å². The van der Waals surface area contributed by atoms with Crippen LogP contribution in [0.3, 0.4) is 0 Å². The van der Waals surface area contributed by atoms with Crippen LogP contribution in [0.15, 0.2) is 194 Å². The van der Waals surface area contributed by atoms with Gasteiger partial charge in [0.2, 0.25) is 0 Å². The number of unbranched alkanes of at least 4 members (excludes halogenated alkanes) is 14. The van der Waals surface area contributed by atoms with Crippen LogP contribution < -0.4 is 0 Å². The van der Waals surface area contributed by atoms with E-state index in [4.69, 9.17) is 32.3 Å². The summed E-state index contributed by atoms with van der Waals surface area (Å²) in [6.07, 6.45) is 96.2. The largest absolute Gasteiger partial charge is 0.472 e. The van der Waals surface area contributed by atoms with E-state index in [1.165, 1.54) is 25.7 Å². The number of rotatable bonds is 69. The van der Waals surface area contributed by atoms with E-state index in [-0.39, 0.29) is 19.3 Å². The Bertz CT molecular complexity index is 2620. The van der Waals surface area contributed by atoms with E-state index in [2.05, 4.69) is 203 Å². The number of hydrogen-bond donors (Lipinski definition) is 4. The van der Waals surface area contributed by atoms with Gasteiger partial charge in [-0.2, -0.15) is 0 Å². The Morgan fingerprint density at radius 2 is 0.505 bits per heavy atom. The highest BCUT2D eigenvalue weighted by Crippen LogP contribution is 2.45. The molecule has 0 saturated heterocycles.